The molecule has 2 rings (SSSR count). The van der Waals surface area contributed by atoms with E-state index >= 15 is 0 Å². The molecule has 1 aromatic rings. The smallest absolute Gasteiger partial charge is 0.406 e. The molecule has 8 heteroatoms. The zero-order valence-electron chi connectivity index (χ0n) is 11.8. The first kappa shape index (κ1) is 16.4. The van der Waals surface area contributed by atoms with Crippen molar-refractivity contribution in [2.75, 3.05) is 18.5 Å². The van der Waals surface area contributed by atoms with Crippen molar-refractivity contribution in [1.29, 1.82) is 0 Å². The van der Waals surface area contributed by atoms with Crippen LogP contribution in [0.3, 0.4) is 0 Å². The summed E-state index contributed by atoms with van der Waals surface area (Å²) in [5.41, 5.74) is 0.363. The van der Waals surface area contributed by atoms with Gasteiger partial charge < -0.3 is 20.1 Å². The maximum absolute atomic E-state index is 12.1. The Morgan fingerprint density at radius 3 is 2.59 bits per heavy atom. The number of aliphatic hydroxyl groups excluding tert-OH is 1. The van der Waals surface area contributed by atoms with Gasteiger partial charge in [-0.25, -0.2) is 4.79 Å². The van der Waals surface area contributed by atoms with Gasteiger partial charge in [0.05, 0.1) is 12.6 Å². The number of nitrogens with one attached hydrogen (secondary N) is 1. The quantitative estimate of drug-likeness (QED) is 0.901. The third kappa shape index (κ3) is 4.52. The van der Waals surface area contributed by atoms with E-state index in [0.717, 1.165) is 31.4 Å². The Bertz CT molecular complexity index is 505. The molecule has 0 aromatic heterocycles. The SMILES string of the molecule is O=C(Nc1ccc(OC(F)(F)F)cc1)N1CCCCC1CO. The third-order valence-electron chi connectivity index (χ3n) is 3.44. The van der Waals surface area contributed by atoms with Crippen LogP contribution in [-0.4, -0.2) is 41.6 Å². The summed E-state index contributed by atoms with van der Waals surface area (Å²) < 4.78 is 39.9. The lowest BCUT2D eigenvalue weighted by Crippen LogP contribution is -2.47. The highest BCUT2D eigenvalue weighted by Gasteiger charge is 2.31. The summed E-state index contributed by atoms with van der Waals surface area (Å²) in [6.45, 7) is 0.443. The standard InChI is InChI=1S/C14H17F3N2O3/c15-14(16,17)22-12-6-4-10(5-7-12)18-13(21)19-8-2-1-3-11(19)9-20/h4-7,11,20H,1-3,8-9H2,(H,18,21). The lowest BCUT2D eigenvalue weighted by Gasteiger charge is -2.34. The lowest BCUT2D eigenvalue weighted by molar-refractivity contribution is -0.274. The number of piperidine rings is 1. The Kier molecular flexibility index (Phi) is 5.12. The zero-order chi connectivity index (χ0) is 16.2. The van der Waals surface area contributed by atoms with Crippen molar-refractivity contribution >= 4 is 11.7 Å². The van der Waals surface area contributed by atoms with Gasteiger partial charge in [-0.2, -0.15) is 0 Å². The number of benzene rings is 1. The molecule has 1 fully saturated rings. The first-order chi connectivity index (χ1) is 10.4. The van der Waals surface area contributed by atoms with Crippen LogP contribution in [0, 0.1) is 0 Å². The number of rotatable bonds is 3. The molecule has 2 N–H and O–H groups in total. The van der Waals surface area contributed by atoms with Gasteiger partial charge in [0.25, 0.3) is 0 Å². The van der Waals surface area contributed by atoms with E-state index in [9.17, 15) is 23.1 Å². The van der Waals surface area contributed by atoms with Gasteiger partial charge in [-0.3, -0.25) is 0 Å². The number of amides is 2. The number of hydrogen-bond acceptors (Lipinski definition) is 3. The van der Waals surface area contributed by atoms with Gasteiger partial charge in [-0.15, -0.1) is 13.2 Å². The molecule has 1 unspecified atom stereocenters. The summed E-state index contributed by atoms with van der Waals surface area (Å²) in [6, 6.07) is 4.32. The second kappa shape index (κ2) is 6.87. The third-order valence-corrected chi connectivity index (χ3v) is 3.44. The Hall–Kier alpha value is -1.96. The van der Waals surface area contributed by atoms with Crippen LogP contribution in [-0.2, 0) is 0 Å². The molecule has 2 amide bonds. The minimum absolute atomic E-state index is 0.105. The summed E-state index contributed by atoms with van der Waals surface area (Å²) in [6.07, 6.45) is -2.18. The van der Waals surface area contributed by atoms with Crippen LogP contribution in [0.25, 0.3) is 0 Å². The van der Waals surface area contributed by atoms with Crippen LogP contribution in [0.1, 0.15) is 19.3 Å². The van der Waals surface area contributed by atoms with E-state index in [1.165, 1.54) is 12.1 Å². The average molecular weight is 318 g/mol. The number of ether oxygens (including phenoxy) is 1. The normalized spacial score (nSPS) is 18.9. The number of nitrogens with zero attached hydrogens (tertiary/aromatic N) is 1. The number of alkyl halides is 3. The highest BCUT2D eigenvalue weighted by molar-refractivity contribution is 5.89. The molecule has 122 valence electrons. The number of carbonyl (C=O) groups is 1. The molecule has 22 heavy (non-hydrogen) atoms. The van der Waals surface area contributed by atoms with Gasteiger partial charge >= 0.3 is 12.4 Å². The van der Waals surface area contributed by atoms with Crippen LogP contribution in [0.15, 0.2) is 24.3 Å². The maximum Gasteiger partial charge on any atom is 0.573 e. The van der Waals surface area contributed by atoms with Crippen molar-refractivity contribution in [2.24, 2.45) is 0 Å². The molecule has 0 aliphatic carbocycles. The van der Waals surface area contributed by atoms with E-state index < -0.39 is 6.36 Å². The number of aliphatic hydroxyl groups is 1. The Morgan fingerprint density at radius 2 is 2.00 bits per heavy atom. The Labute approximate surface area is 125 Å². The molecule has 1 saturated heterocycles. The summed E-state index contributed by atoms with van der Waals surface area (Å²) in [7, 11) is 0. The van der Waals surface area contributed by atoms with Crippen LogP contribution in [0.5, 0.6) is 5.75 Å². The topological polar surface area (TPSA) is 61.8 Å². The number of likely N-dealkylation sites (tertiary alicyclic amines) is 1. The van der Waals surface area contributed by atoms with E-state index in [-0.39, 0.29) is 24.4 Å². The average Bonchev–Trinajstić information content (AvgIpc) is 2.47. The largest absolute Gasteiger partial charge is 0.573 e. The number of anilines is 1. The van der Waals surface area contributed by atoms with Gasteiger partial charge in [0.15, 0.2) is 0 Å². The van der Waals surface area contributed by atoms with Crippen molar-refractivity contribution in [3.63, 3.8) is 0 Å². The molecule has 0 bridgehead atoms. The number of halogens is 3. The van der Waals surface area contributed by atoms with Crippen molar-refractivity contribution in [2.45, 2.75) is 31.7 Å². The fourth-order valence-corrected chi connectivity index (χ4v) is 2.39. The minimum Gasteiger partial charge on any atom is -0.406 e. The summed E-state index contributed by atoms with van der Waals surface area (Å²) in [4.78, 5) is 13.7. The molecule has 1 aromatic carbocycles. The van der Waals surface area contributed by atoms with Crippen LogP contribution < -0.4 is 10.1 Å². The minimum atomic E-state index is -4.74. The monoisotopic (exact) mass is 318 g/mol. The summed E-state index contributed by atoms with van der Waals surface area (Å²) >= 11 is 0. The first-order valence-electron chi connectivity index (χ1n) is 6.93. The first-order valence-corrected chi connectivity index (χ1v) is 6.93. The zero-order valence-corrected chi connectivity index (χ0v) is 11.8. The molecule has 1 atom stereocenters. The van der Waals surface area contributed by atoms with Gasteiger partial charge in [0.1, 0.15) is 5.75 Å². The van der Waals surface area contributed by atoms with E-state index in [0.29, 0.717) is 12.2 Å². The highest BCUT2D eigenvalue weighted by atomic mass is 19.4. The summed E-state index contributed by atoms with van der Waals surface area (Å²) in [5.74, 6) is -0.350. The Balaban J connectivity index is 1.96. The maximum atomic E-state index is 12.1. The van der Waals surface area contributed by atoms with Crippen molar-refractivity contribution in [3.8, 4) is 5.75 Å². The molecule has 1 heterocycles. The van der Waals surface area contributed by atoms with E-state index in [4.69, 9.17) is 0 Å². The fraction of sp³-hybridized carbons (Fsp3) is 0.500. The van der Waals surface area contributed by atoms with Gasteiger partial charge in [0.2, 0.25) is 0 Å². The Morgan fingerprint density at radius 1 is 1.32 bits per heavy atom. The molecule has 5 nitrogen and oxygen atoms in total. The van der Waals surface area contributed by atoms with Gasteiger partial charge in [0, 0.05) is 12.2 Å². The molecule has 0 spiro atoms. The number of hydrogen-bond donors (Lipinski definition) is 2. The van der Waals surface area contributed by atoms with Crippen LogP contribution >= 0.6 is 0 Å². The molecular weight excluding hydrogens is 301 g/mol. The van der Waals surface area contributed by atoms with Crippen LogP contribution in [0.4, 0.5) is 23.7 Å². The predicted molar refractivity (Wildman–Crippen MR) is 73.6 cm³/mol. The van der Waals surface area contributed by atoms with E-state index in [1.54, 1.807) is 4.90 Å². The van der Waals surface area contributed by atoms with E-state index in [1.807, 2.05) is 0 Å². The van der Waals surface area contributed by atoms with Gasteiger partial charge in [-0.05, 0) is 43.5 Å². The number of carbonyl (C=O) groups excluding carboxylic acids is 1. The second-order valence-corrected chi connectivity index (χ2v) is 5.03. The van der Waals surface area contributed by atoms with Crippen molar-refractivity contribution in [3.05, 3.63) is 24.3 Å². The molecule has 1 aliphatic heterocycles. The van der Waals surface area contributed by atoms with Crippen LogP contribution in [0.2, 0.25) is 0 Å². The molecule has 0 radical (unpaired) electrons. The second-order valence-electron chi connectivity index (χ2n) is 5.03. The van der Waals surface area contributed by atoms with Crippen molar-refractivity contribution in [1.82, 2.24) is 4.90 Å². The van der Waals surface area contributed by atoms with Gasteiger partial charge in [-0.1, -0.05) is 0 Å². The number of urea groups is 1. The fourth-order valence-electron chi connectivity index (χ4n) is 2.39. The molecular formula is C14H17F3N2O3. The molecule has 0 saturated carbocycles. The summed E-state index contributed by atoms with van der Waals surface area (Å²) in [5, 5.41) is 11.9. The van der Waals surface area contributed by atoms with E-state index in [2.05, 4.69) is 10.1 Å². The highest BCUT2D eigenvalue weighted by Crippen LogP contribution is 2.24. The van der Waals surface area contributed by atoms with Crippen molar-refractivity contribution < 1.29 is 27.8 Å². The lowest BCUT2D eigenvalue weighted by atomic mass is 10.0. The predicted octanol–water partition coefficient (Wildman–Crippen LogP) is 2.96. The molecule has 1 aliphatic rings.